The number of ether oxygens (including phenoxy) is 3. The predicted octanol–water partition coefficient (Wildman–Crippen LogP) is 8.98. The number of benzene rings is 6. The molecule has 1 aliphatic rings. The van der Waals surface area contributed by atoms with Crippen molar-refractivity contribution in [2.75, 3.05) is 6.61 Å². The number of aromatic hydroxyl groups is 1. The van der Waals surface area contributed by atoms with Crippen LogP contribution in [0.2, 0.25) is 0 Å². The Bertz CT molecular complexity index is 2390. The van der Waals surface area contributed by atoms with Crippen molar-refractivity contribution in [1.82, 2.24) is 0 Å². The topological polar surface area (TPSA) is 125 Å². The molecule has 0 saturated carbocycles. The van der Waals surface area contributed by atoms with Gasteiger partial charge in [-0.1, -0.05) is 104 Å². The largest absolute Gasteiger partial charge is 0.507 e. The molecular formula is C45H35NO8. The van der Waals surface area contributed by atoms with Gasteiger partial charge in [0.2, 0.25) is 0 Å². The van der Waals surface area contributed by atoms with E-state index in [0.717, 1.165) is 11.1 Å². The van der Waals surface area contributed by atoms with Gasteiger partial charge in [-0.25, -0.2) is 9.59 Å². The van der Waals surface area contributed by atoms with Crippen molar-refractivity contribution in [2.24, 2.45) is 0 Å². The maximum absolute atomic E-state index is 13.7. The zero-order chi connectivity index (χ0) is 37.6. The van der Waals surface area contributed by atoms with Gasteiger partial charge in [0.1, 0.15) is 29.6 Å². The molecule has 6 aromatic rings. The van der Waals surface area contributed by atoms with Crippen LogP contribution in [0.3, 0.4) is 0 Å². The minimum Gasteiger partial charge on any atom is -0.507 e. The summed E-state index contributed by atoms with van der Waals surface area (Å²) in [6, 6.07) is 36.4. The first-order valence-corrected chi connectivity index (χ1v) is 17.4. The van der Waals surface area contributed by atoms with E-state index in [-0.39, 0.29) is 54.4 Å². The first kappa shape index (κ1) is 35.4. The molecule has 1 N–H and O–H groups in total. The van der Waals surface area contributed by atoms with Gasteiger partial charge in [0.05, 0.1) is 16.1 Å². The average Bonchev–Trinajstić information content (AvgIpc) is 3.18. The SMILES string of the molecule is C=CCOc1c2cccc1Cc1cccc(c1OC(=O)c1ccccc1)Cc1cc([N+](=O)[O-])cc(c1OC(=O)c1ccccc1)Cc1cccc(c1O)C2. The van der Waals surface area contributed by atoms with Crippen LogP contribution >= 0.6 is 0 Å². The third-order valence-electron chi connectivity index (χ3n) is 9.28. The summed E-state index contributed by atoms with van der Waals surface area (Å²) in [6.07, 6.45) is 2.23. The van der Waals surface area contributed by atoms with Crippen LogP contribution in [0.1, 0.15) is 65.2 Å². The molecule has 0 saturated heterocycles. The first-order chi connectivity index (χ1) is 26.3. The highest BCUT2D eigenvalue weighted by atomic mass is 16.6. The highest BCUT2D eigenvalue weighted by molar-refractivity contribution is 5.92. The van der Waals surface area contributed by atoms with Crippen molar-refractivity contribution in [3.05, 3.63) is 206 Å². The van der Waals surface area contributed by atoms with Gasteiger partial charge in [-0.15, -0.1) is 0 Å². The molecule has 0 atom stereocenters. The Morgan fingerprint density at radius 2 is 0.981 bits per heavy atom. The number of nitrogens with zero attached hydrogens (tertiary/aromatic N) is 1. The summed E-state index contributed by atoms with van der Waals surface area (Å²) in [5.74, 6) is -0.221. The summed E-state index contributed by atoms with van der Waals surface area (Å²) >= 11 is 0. The molecule has 9 heteroatoms. The number of hydrogen-bond acceptors (Lipinski definition) is 8. The summed E-state index contributed by atoms with van der Waals surface area (Å²) in [6.45, 7) is 4.07. The molecular weight excluding hydrogens is 682 g/mol. The predicted molar refractivity (Wildman–Crippen MR) is 204 cm³/mol. The summed E-state index contributed by atoms with van der Waals surface area (Å²) < 4.78 is 18.6. The lowest BCUT2D eigenvalue weighted by atomic mass is 9.91. The molecule has 54 heavy (non-hydrogen) atoms. The molecule has 8 bridgehead atoms. The van der Waals surface area contributed by atoms with E-state index < -0.39 is 16.9 Å². The fraction of sp³-hybridized carbons (Fsp3) is 0.111. The van der Waals surface area contributed by atoms with Crippen LogP contribution in [0.5, 0.6) is 23.0 Å². The van der Waals surface area contributed by atoms with Crippen LogP contribution < -0.4 is 14.2 Å². The number of nitro groups is 1. The smallest absolute Gasteiger partial charge is 0.343 e. The molecule has 0 aromatic heterocycles. The van der Waals surface area contributed by atoms with Crippen molar-refractivity contribution in [3.63, 3.8) is 0 Å². The van der Waals surface area contributed by atoms with Gasteiger partial charge in [-0.05, 0) is 57.6 Å². The standard InChI is InChI=1S/C45H35NO8/c1-2-22-52-41-33-18-10-19-34(41)25-35-20-11-21-36(42(35)53-44(48)29-12-5-3-6-13-29)26-38-28-39(46(50)51)27-37(24-32-17-9-16-31(23-33)40(32)47)43(38)54-45(49)30-14-7-4-8-15-30/h2-21,27-28,47H,1,22-26H2. The fourth-order valence-corrected chi connectivity index (χ4v) is 6.73. The van der Waals surface area contributed by atoms with Crippen LogP contribution in [-0.2, 0) is 25.7 Å². The Hall–Kier alpha value is -7.00. The number of phenolic OH excluding ortho intramolecular Hbond substituents is 1. The van der Waals surface area contributed by atoms with Crippen LogP contribution in [0, 0.1) is 10.1 Å². The second kappa shape index (κ2) is 15.7. The molecule has 1 aliphatic carbocycles. The van der Waals surface area contributed by atoms with E-state index in [4.69, 9.17) is 14.2 Å². The minimum absolute atomic E-state index is 0.00150. The zero-order valence-electron chi connectivity index (χ0n) is 29.2. The normalized spacial score (nSPS) is 11.9. The number of phenols is 1. The van der Waals surface area contributed by atoms with E-state index in [9.17, 15) is 24.8 Å². The number of carbonyl (C=O) groups excluding carboxylic acids is 2. The highest BCUT2D eigenvalue weighted by Crippen LogP contribution is 2.40. The Balaban J connectivity index is 1.47. The van der Waals surface area contributed by atoms with Gasteiger partial charge in [0, 0.05) is 48.9 Å². The van der Waals surface area contributed by atoms with E-state index in [1.165, 1.54) is 12.1 Å². The van der Waals surface area contributed by atoms with Gasteiger partial charge in [0.25, 0.3) is 5.69 Å². The Morgan fingerprint density at radius 1 is 0.593 bits per heavy atom. The van der Waals surface area contributed by atoms with Gasteiger partial charge in [0.15, 0.2) is 0 Å². The quantitative estimate of drug-likeness (QED) is 0.0543. The number of para-hydroxylation sites is 3. The fourth-order valence-electron chi connectivity index (χ4n) is 6.73. The van der Waals surface area contributed by atoms with Crippen molar-refractivity contribution < 1.29 is 33.8 Å². The van der Waals surface area contributed by atoms with Crippen LogP contribution in [0.15, 0.2) is 140 Å². The maximum Gasteiger partial charge on any atom is 0.343 e. The van der Waals surface area contributed by atoms with Gasteiger partial charge < -0.3 is 19.3 Å². The monoisotopic (exact) mass is 717 g/mol. The molecule has 0 heterocycles. The van der Waals surface area contributed by atoms with E-state index in [2.05, 4.69) is 6.58 Å². The lowest BCUT2D eigenvalue weighted by molar-refractivity contribution is -0.385. The summed E-state index contributed by atoms with van der Waals surface area (Å²) in [5, 5.41) is 24.1. The second-order valence-corrected chi connectivity index (χ2v) is 12.9. The lowest BCUT2D eigenvalue weighted by Gasteiger charge is -2.21. The number of carbonyl (C=O) groups is 2. The van der Waals surface area contributed by atoms with Gasteiger partial charge >= 0.3 is 11.9 Å². The van der Waals surface area contributed by atoms with Gasteiger partial charge in [-0.3, -0.25) is 10.1 Å². The molecule has 0 radical (unpaired) electrons. The molecule has 0 aliphatic heterocycles. The molecule has 0 fully saturated rings. The summed E-state index contributed by atoms with van der Waals surface area (Å²) in [7, 11) is 0. The second-order valence-electron chi connectivity index (χ2n) is 12.9. The Labute approximate surface area is 311 Å². The van der Waals surface area contributed by atoms with E-state index >= 15 is 0 Å². The molecule has 0 spiro atoms. The Kier molecular flexibility index (Phi) is 10.3. The minimum atomic E-state index is -0.658. The third-order valence-corrected chi connectivity index (χ3v) is 9.28. The van der Waals surface area contributed by atoms with Crippen molar-refractivity contribution in [1.29, 1.82) is 0 Å². The van der Waals surface area contributed by atoms with Crippen molar-refractivity contribution in [3.8, 4) is 23.0 Å². The number of non-ortho nitro benzene ring substituents is 1. The summed E-state index contributed by atoms with van der Waals surface area (Å²) in [5.41, 5.74) is 4.92. The van der Waals surface area contributed by atoms with E-state index in [1.54, 1.807) is 78.9 Å². The van der Waals surface area contributed by atoms with Crippen molar-refractivity contribution in [2.45, 2.75) is 25.7 Å². The molecule has 268 valence electrons. The average molecular weight is 718 g/mol. The zero-order valence-corrected chi connectivity index (χ0v) is 29.2. The van der Waals surface area contributed by atoms with E-state index in [1.807, 2.05) is 42.5 Å². The molecule has 7 rings (SSSR count). The molecule has 9 nitrogen and oxygen atoms in total. The number of nitro benzene ring substituents is 1. The van der Waals surface area contributed by atoms with Crippen molar-refractivity contribution >= 4 is 17.6 Å². The van der Waals surface area contributed by atoms with Gasteiger partial charge in [-0.2, -0.15) is 0 Å². The van der Waals surface area contributed by atoms with Crippen LogP contribution in [-0.4, -0.2) is 28.6 Å². The molecule has 0 amide bonds. The Morgan fingerprint density at radius 3 is 1.44 bits per heavy atom. The number of hydrogen-bond donors (Lipinski definition) is 1. The third kappa shape index (κ3) is 7.61. The van der Waals surface area contributed by atoms with Crippen LogP contribution in [0.25, 0.3) is 0 Å². The number of esters is 2. The molecule has 0 unspecified atom stereocenters. The number of fused-ring (bicyclic) bond motifs is 8. The molecule has 6 aromatic carbocycles. The van der Waals surface area contributed by atoms with E-state index in [0.29, 0.717) is 51.1 Å². The van der Waals surface area contributed by atoms with Crippen LogP contribution in [0.4, 0.5) is 5.69 Å². The summed E-state index contributed by atoms with van der Waals surface area (Å²) in [4.78, 5) is 39.2. The lowest BCUT2D eigenvalue weighted by Crippen LogP contribution is -2.14. The highest BCUT2D eigenvalue weighted by Gasteiger charge is 2.26. The maximum atomic E-state index is 13.7. The number of rotatable bonds is 8. The first-order valence-electron chi connectivity index (χ1n) is 17.4.